The number of rotatable bonds is 7. The fourth-order valence-electron chi connectivity index (χ4n) is 2.94. The lowest BCUT2D eigenvalue weighted by atomic mass is 10.2. The van der Waals surface area contributed by atoms with E-state index in [1.165, 1.54) is 17.7 Å². The van der Waals surface area contributed by atoms with Crippen LogP contribution in [0.15, 0.2) is 53.5 Å². The molecule has 0 atom stereocenters. The summed E-state index contributed by atoms with van der Waals surface area (Å²) in [6.45, 7) is 2.97. The van der Waals surface area contributed by atoms with E-state index < -0.39 is 0 Å². The van der Waals surface area contributed by atoms with Crippen molar-refractivity contribution >= 4 is 33.3 Å². The van der Waals surface area contributed by atoms with Gasteiger partial charge < -0.3 is 15.1 Å². The van der Waals surface area contributed by atoms with Crippen LogP contribution in [0.4, 0.5) is 5.82 Å². The van der Waals surface area contributed by atoms with Gasteiger partial charge in [-0.1, -0.05) is 6.07 Å². The summed E-state index contributed by atoms with van der Waals surface area (Å²) >= 11 is 1.37. The molecular formula is C20H19N5O2S. The van der Waals surface area contributed by atoms with Crippen molar-refractivity contribution in [3.05, 3.63) is 71.0 Å². The highest BCUT2D eigenvalue weighted by atomic mass is 32.1. The first-order valence-corrected chi connectivity index (χ1v) is 9.72. The lowest BCUT2D eigenvalue weighted by Crippen LogP contribution is -2.25. The van der Waals surface area contributed by atoms with Crippen LogP contribution in [0.1, 0.15) is 26.7 Å². The van der Waals surface area contributed by atoms with Crippen molar-refractivity contribution in [3.8, 4) is 0 Å². The van der Waals surface area contributed by atoms with Gasteiger partial charge in [-0.2, -0.15) is 0 Å². The summed E-state index contributed by atoms with van der Waals surface area (Å²) in [4.78, 5) is 27.1. The number of hydrogen-bond donors (Lipinski definition) is 2. The van der Waals surface area contributed by atoms with Crippen molar-refractivity contribution in [2.75, 3.05) is 11.9 Å². The minimum absolute atomic E-state index is 0.103. The Bertz CT molecular complexity index is 1080. The monoisotopic (exact) mass is 393 g/mol. The fourth-order valence-corrected chi connectivity index (χ4v) is 4.00. The Balaban J connectivity index is 1.49. The molecule has 0 saturated heterocycles. The minimum atomic E-state index is -0.103. The van der Waals surface area contributed by atoms with E-state index >= 15 is 0 Å². The zero-order chi connectivity index (χ0) is 19.3. The number of aromatic nitrogens is 3. The minimum Gasteiger partial charge on any atom is -0.467 e. The Labute approximate surface area is 165 Å². The molecule has 0 radical (unpaired) electrons. The lowest BCUT2D eigenvalue weighted by molar-refractivity contribution is 0.0957. The predicted molar refractivity (Wildman–Crippen MR) is 108 cm³/mol. The summed E-state index contributed by atoms with van der Waals surface area (Å²) in [6, 6.07) is 9.50. The molecule has 4 rings (SSSR count). The number of thiophene rings is 1. The molecule has 0 aromatic carbocycles. The maximum absolute atomic E-state index is 12.7. The van der Waals surface area contributed by atoms with E-state index in [0.29, 0.717) is 30.2 Å². The number of amides is 1. The third kappa shape index (κ3) is 3.86. The summed E-state index contributed by atoms with van der Waals surface area (Å²) < 4.78 is 5.35. The fraction of sp³-hybridized carbons (Fsp3) is 0.200. The summed E-state index contributed by atoms with van der Waals surface area (Å²) in [6.07, 6.45) is 5.58. The summed E-state index contributed by atoms with van der Waals surface area (Å²) in [5.41, 5.74) is 1.82. The van der Waals surface area contributed by atoms with Crippen molar-refractivity contribution in [1.82, 2.24) is 20.3 Å². The Morgan fingerprint density at radius 1 is 1.18 bits per heavy atom. The van der Waals surface area contributed by atoms with E-state index in [0.717, 1.165) is 27.2 Å². The van der Waals surface area contributed by atoms with Crippen LogP contribution in [0.25, 0.3) is 10.2 Å². The SMILES string of the molecule is Cc1c(C(=O)NCCc2ccccn2)sc2ncnc(NCc3ccco3)c12. The van der Waals surface area contributed by atoms with Crippen molar-refractivity contribution in [2.45, 2.75) is 19.9 Å². The van der Waals surface area contributed by atoms with Crippen LogP contribution in [-0.2, 0) is 13.0 Å². The molecule has 8 heteroatoms. The van der Waals surface area contributed by atoms with E-state index in [1.54, 1.807) is 12.5 Å². The van der Waals surface area contributed by atoms with Crippen LogP contribution < -0.4 is 10.6 Å². The number of nitrogens with one attached hydrogen (secondary N) is 2. The number of anilines is 1. The molecule has 0 aliphatic carbocycles. The van der Waals surface area contributed by atoms with Gasteiger partial charge in [-0.05, 0) is 36.8 Å². The van der Waals surface area contributed by atoms with E-state index in [-0.39, 0.29) is 5.91 Å². The molecule has 0 aliphatic rings. The molecule has 28 heavy (non-hydrogen) atoms. The maximum atomic E-state index is 12.7. The molecule has 4 aromatic heterocycles. The van der Waals surface area contributed by atoms with Crippen LogP contribution in [0, 0.1) is 6.92 Å². The van der Waals surface area contributed by atoms with Gasteiger partial charge in [0.25, 0.3) is 5.91 Å². The number of carbonyl (C=O) groups is 1. The van der Waals surface area contributed by atoms with Crippen molar-refractivity contribution in [3.63, 3.8) is 0 Å². The highest BCUT2D eigenvalue weighted by molar-refractivity contribution is 7.20. The van der Waals surface area contributed by atoms with Crippen LogP contribution in [0.3, 0.4) is 0 Å². The van der Waals surface area contributed by atoms with E-state index in [4.69, 9.17) is 4.42 Å². The quantitative estimate of drug-likeness (QED) is 0.499. The van der Waals surface area contributed by atoms with Gasteiger partial charge in [0.2, 0.25) is 0 Å². The second-order valence-electron chi connectivity index (χ2n) is 6.22. The Hall–Kier alpha value is -3.26. The molecule has 142 valence electrons. The van der Waals surface area contributed by atoms with Gasteiger partial charge in [-0.25, -0.2) is 9.97 Å². The first-order chi connectivity index (χ1) is 13.7. The van der Waals surface area contributed by atoms with E-state index in [9.17, 15) is 4.79 Å². The molecule has 0 bridgehead atoms. The zero-order valence-electron chi connectivity index (χ0n) is 15.3. The molecule has 4 heterocycles. The third-order valence-corrected chi connectivity index (χ3v) is 5.53. The second-order valence-corrected chi connectivity index (χ2v) is 7.22. The number of nitrogens with zero attached hydrogens (tertiary/aromatic N) is 3. The smallest absolute Gasteiger partial charge is 0.261 e. The lowest BCUT2D eigenvalue weighted by Gasteiger charge is -2.06. The molecule has 0 unspecified atom stereocenters. The van der Waals surface area contributed by atoms with Crippen LogP contribution in [0.5, 0.6) is 0 Å². The number of carbonyl (C=O) groups excluding carboxylic acids is 1. The van der Waals surface area contributed by atoms with E-state index in [1.807, 2.05) is 37.3 Å². The summed E-state index contributed by atoms with van der Waals surface area (Å²) in [5, 5.41) is 7.11. The van der Waals surface area contributed by atoms with Crippen LogP contribution in [0.2, 0.25) is 0 Å². The molecule has 2 N–H and O–H groups in total. The number of hydrogen-bond acceptors (Lipinski definition) is 7. The Morgan fingerprint density at radius 3 is 2.89 bits per heavy atom. The Kier molecular flexibility index (Phi) is 5.29. The topological polar surface area (TPSA) is 92.9 Å². The summed E-state index contributed by atoms with van der Waals surface area (Å²) in [5.74, 6) is 1.41. The van der Waals surface area contributed by atoms with E-state index in [2.05, 4.69) is 25.6 Å². The number of furan rings is 1. The van der Waals surface area contributed by atoms with Crippen LogP contribution in [-0.4, -0.2) is 27.4 Å². The van der Waals surface area contributed by atoms with Crippen molar-refractivity contribution in [2.24, 2.45) is 0 Å². The van der Waals surface area contributed by atoms with Gasteiger partial charge in [0, 0.05) is 24.9 Å². The molecule has 0 spiro atoms. The first-order valence-electron chi connectivity index (χ1n) is 8.91. The van der Waals surface area contributed by atoms with Crippen molar-refractivity contribution < 1.29 is 9.21 Å². The highest BCUT2D eigenvalue weighted by Crippen LogP contribution is 2.33. The van der Waals surface area contributed by atoms with Gasteiger partial charge in [0.05, 0.1) is 23.1 Å². The first kappa shape index (κ1) is 18.1. The average Bonchev–Trinajstić information content (AvgIpc) is 3.35. The average molecular weight is 393 g/mol. The van der Waals surface area contributed by atoms with Gasteiger partial charge in [0.1, 0.15) is 22.7 Å². The molecular weight excluding hydrogens is 374 g/mol. The second kappa shape index (κ2) is 8.18. The molecule has 0 saturated carbocycles. The zero-order valence-corrected chi connectivity index (χ0v) is 16.1. The van der Waals surface area contributed by atoms with Gasteiger partial charge >= 0.3 is 0 Å². The number of aryl methyl sites for hydroxylation is 1. The molecule has 4 aromatic rings. The van der Waals surface area contributed by atoms with Crippen LogP contribution >= 0.6 is 11.3 Å². The molecule has 0 aliphatic heterocycles. The van der Waals surface area contributed by atoms with Gasteiger partial charge in [-0.15, -0.1) is 11.3 Å². The standard InChI is InChI=1S/C20H19N5O2S/c1-13-16-18(23-11-15-6-4-10-27-15)24-12-25-20(16)28-17(13)19(26)22-9-7-14-5-2-3-8-21-14/h2-6,8,10,12H,7,9,11H2,1H3,(H,22,26)(H,23,24,25). The Morgan fingerprint density at radius 2 is 2.11 bits per heavy atom. The number of fused-ring (bicyclic) bond motifs is 1. The van der Waals surface area contributed by atoms with Gasteiger partial charge in [-0.3, -0.25) is 9.78 Å². The normalized spacial score (nSPS) is 10.9. The summed E-state index contributed by atoms with van der Waals surface area (Å²) in [7, 11) is 0. The number of pyridine rings is 1. The van der Waals surface area contributed by atoms with Crippen molar-refractivity contribution in [1.29, 1.82) is 0 Å². The molecule has 0 fully saturated rings. The van der Waals surface area contributed by atoms with Gasteiger partial charge in [0.15, 0.2) is 0 Å². The largest absolute Gasteiger partial charge is 0.467 e. The predicted octanol–water partition coefficient (Wildman–Crippen LogP) is 3.57. The third-order valence-electron chi connectivity index (χ3n) is 4.34. The maximum Gasteiger partial charge on any atom is 0.261 e. The molecule has 1 amide bonds. The molecule has 7 nitrogen and oxygen atoms in total. The highest BCUT2D eigenvalue weighted by Gasteiger charge is 2.19.